The lowest BCUT2D eigenvalue weighted by atomic mass is 10.3. The molecule has 0 saturated heterocycles. The van der Waals surface area contributed by atoms with E-state index in [1.807, 2.05) is 30.0 Å². The Balaban J connectivity index is 2.39. The zero-order valence-corrected chi connectivity index (χ0v) is 8.79. The maximum Gasteiger partial charge on any atom is 0.0995 e. The van der Waals surface area contributed by atoms with Gasteiger partial charge in [-0.1, -0.05) is 6.58 Å². The zero-order valence-electron chi connectivity index (χ0n) is 7.97. The number of aromatic nitrogens is 2. The zero-order chi connectivity index (χ0) is 9.97. The van der Waals surface area contributed by atoms with Gasteiger partial charge in [-0.25, -0.2) is 9.38 Å². The first-order chi connectivity index (χ1) is 6.81. The molecule has 0 fully saturated rings. The van der Waals surface area contributed by atoms with Crippen LogP contribution in [0.5, 0.6) is 0 Å². The van der Waals surface area contributed by atoms with Crippen molar-refractivity contribution in [2.45, 2.75) is 13.3 Å². The molecular formula is C10H11N3S. The number of rotatable bonds is 2. The Kier molecular flexibility index (Phi) is 2.54. The highest BCUT2D eigenvalue weighted by Crippen LogP contribution is 2.31. The second-order valence-corrected chi connectivity index (χ2v) is 3.90. The van der Waals surface area contributed by atoms with Crippen molar-refractivity contribution in [2.75, 3.05) is 0 Å². The van der Waals surface area contributed by atoms with Crippen molar-refractivity contribution in [3.8, 4) is 0 Å². The smallest absolute Gasteiger partial charge is 0.0995 e. The molecule has 14 heavy (non-hydrogen) atoms. The summed E-state index contributed by atoms with van der Waals surface area (Å²) in [5.74, 6) is 0. The molecular weight excluding hydrogens is 194 g/mol. The highest BCUT2D eigenvalue weighted by atomic mass is 32.2. The van der Waals surface area contributed by atoms with Crippen LogP contribution in [0.2, 0.25) is 0 Å². The third-order valence-corrected chi connectivity index (χ3v) is 2.83. The summed E-state index contributed by atoms with van der Waals surface area (Å²) in [5.41, 5.74) is 2.09. The Hall–Kier alpha value is -1.29. The van der Waals surface area contributed by atoms with Gasteiger partial charge in [0.1, 0.15) is 0 Å². The minimum atomic E-state index is 0.892. The Morgan fingerprint density at radius 1 is 1.71 bits per heavy atom. The number of aryl methyl sites for hydroxylation is 1. The fourth-order valence-corrected chi connectivity index (χ4v) is 2.03. The van der Waals surface area contributed by atoms with Crippen LogP contribution in [0.4, 0.5) is 0 Å². The summed E-state index contributed by atoms with van der Waals surface area (Å²) in [5, 5.41) is 0. The predicted octanol–water partition coefficient (Wildman–Crippen LogP) is 2.67. The molecule has 72 valence electrons. The van der Waals surface area contributed by atoms with Crippen molar-refractivity contribution in [3.63, 3.8) is 0 Å². The number of allylic oxidation sites excluding steroid dienone is 3. The van der Waals surface area contributed by atoms with Crippen LogP contribution in [0.15, 0.2) is 34.5 Å². The van der Waals surface area contributed by atoms with E-state index in [0.717, 1.165) is 17.8 Å². The normalized spacial score (nSPS) is 18.6. The molecule has 1 aliphatic heterocycles. The van der Waals surface area contributed by atoms with Crippen LogP contribution in [0.3, 0.4) is 0 Å². The molecule has 0 spiro atoms. The van der Waals surface area contributed by atoms with E-state index in [1.165, 1.54) is 16.9 Å². The van der Waals surface area contributed by atoms with Crippen molar-refractivity contribution in [1.82, 2.24) is 9.55 Å². The average Bonchev–Trinajstić information content (AvgIpc) is 2.79. The van der Waals surface area contributed by atoms with Gasteiger partial charge in [0.05, 0.1) is 17.7 Å². The second kappa shape index (κ2) is 3.84. The topological polar surface area (TPSA) is 30.2 Å². The van der Waals surface area contributed by atoms with Crippen LogP contribution < -0.4 is 0 Å². The number of nitrogens with zero attached hydrogens (tertiary/aromatic N) is 3. The highest BCUT2D eigenvalue weighted by molar-refractivity contribution is 8.02. The van der Waals surface area contributed by atoms with E-state index in [0.29, 0.717) is 0 Å². The third kappa shape index (κ3) is 1.65. The third-order valence-electron chi connectivity index (χ3n) is 1.98. The van der Waals surface area contributed by atoms with E-state index >= 15 is 0 Å². The van der Waals surface area contributed by atoms with Gasteiger partial charge in [-0.05, 0) is 13.0 Å². The molecule has 0 bridgehead atoms. The summed E-state index contributed by atoms with van der Waals surface area (Å²) in [6.07, 6.45) is 8.44. The van der Waals surface area contributed by atoms with E-state index in [1.54, 1.807) is 6.33 Å². The van der Waals surface area contributed by atoms with E-state index in [-0.39, 0.29) is 0 Å². The van der Waals surface area contributed by atoms with Gasteiger partial charge < -0.3 is 4.57 Å². The van der Waals surface area contributed by atoms with Crippen LogP contribution in [-0.2, 0) is 0 Å². The molecule has 2 rings (SSSR count). The molecule has 1 aliphatic rings. The summed E-state index contributed by atoms with van der Waals surface area (Å²) >= 11 is 1.51. The van der Waals surface area contributed by atoms with Gasteiger partial charge in [0.2, 0.25) is 0 Å². The van der Waals surface area contributed by atoms with Gasteiger partial charge in [0.15, 0.2) is 0 Å². The molecule has 0 saturated carbocycles. The largest absolute Gasteiger partial charge is 0.305 e. The van der Waals surface area contributed by atoms with Crippen LogP contribution in [0.1, 0.15) is 12.1 Å². The monoisotopic (exact) mass is 205 g/mol. The summed E-state index contributed by atoms with van der Waals surface area (Å²) < 4.78 is 6.10. The summed E-state index contributed by atoms with van der Waals surface area (Å²) in [4.78, 5) is 5.41. The molecule has 0 amide bonds. The number of hydrogen-bond donors (Lipinski definition) is 0. The fraction of sp³-hybridized carbons (Fsp3) is 0.200. The Morgan fingerprint density at radius 2 is 2.57 bits per heavy atom. The Bertz CT molecular complexity index is 405. The van der Waals surface area contributed by atoms with Gasteiger partial charge in [-0.15, -0.1) is 0 Å². The van der Waals surface area contributed by atoms with Crippen LogP contribution >= 0.6 is 11.9 Å². The van der Waals surface area contributed by atoms with Gasteiger partial charge in [0.25, 0.3) is 0 Å². The molecule has 3 nitrogen and oxygen atoms in total. The van der Waals surface area contributed by atoms with Gasteiger partial charge >= 0.3 is 0 Å². The first kappa shape index (κ1) is 9.27. The van der Waals surface area contributed by atoms with Crippen molar-refractivity contribution >= 4 is 23.9 Å². The maximum absolute atomic E-state index is 4.19. The summed E-state index contributed by atoms with van der Waals surface area (Å²) in [7, 11) is 0. The SMILES string of the molecule is C=C/C(=C1\CC=NS1)n1cnc(C)c1. The van der Waals surface area contributed by atoms with Crippen LogP contribution in [0, 0.1) is 6.92 Å². The first-order valence-corrected chi connectivity index (χ1v) is 5.14. The summed E-state index contributed by atoms with van der Waals surface area (Å²) in [6, 6.07) is 0. The predicted molar refractivity (Wildman–Crippen MR) is 61.1 cm³/mol. The fourth-order valence-electron chi connectivity index (χ4n) is 1.33. The molecule has 4 heteroatoms. The lowest BCUT2D eigenvalue weighted by molar-refractivity contribution is 1.09. The quantitative estimate of drug-likeness (QED) is 0.695. The molecule has 0 aromatic carbocycles. The van der Waals surface area contributed by atoms with E-state index in [9.17, 15) is 0 Å². The standard InChI is InChI=1S/C10H11N3S/c1-3-9(10-4-5-12-14-10)13-6-8(2)11-7-13/h3,5-7H,1,4H2,2H3/b10-9-. The van der Waals surface area contributed by atoms with Crippen molar-refractivity contribution in [3.05, 3.63) is 35.8 Å². The minimum absolute atomic E-state index is 0.892. The Morgan fingerprint density at radius 3 is 3.07 bits per heavy atom. The van der Waals surface area contributed by atoms with Crippen LogP contribution in [0.25, 0.3) is 5.70 Å². The molecule has 0 N–H and O–H groups in total. The number of hydrogen-bond acceptors (Lipinski definition) is 3. The van der Waals surface area contributed by atoms with E-state index in [4.69, 9.17) is 0 Å². The van der Waals surface area contributed by atoms with E-state index in [2.05, 4.69) is 16.0 Å². The molecule has 0 radical (unpaired) electrons. The molecule has 1 aromatic rings. The van der Waals surface area contributed by atoms with Crippen molar-refractivity contribution in [2.24, 2.45) is 4.40 Å². The molecule has 0 unspecified atom stereocenters. The average molecular weight is 205 g/mol. The first-order valence-electron chi connectivity index (χ1n) is 4.36. The minimum Gasteiger partial charge on any atom is -0.305 e. The van der Waals surface area contributed by atoms with Crippen molar-refractivity contribution in [1.29, 1.82) is 0 Å². The maximum atomic E-state index is 4.19. The number of imidazole rings is 1. The summed E-state index contributed by atoms with van der Waals surface area (Å²) in [6.45, 7) is 5.79. The second-order valence-electron chi connectivity index (χ2n) is 3.02. The molecule has 2 heterocycles. The molecule has 0 aliphatic carbocycles. The molecule has 0 atom stereocenters. The van der Waals surface area contributed by atoms with Gasteiger partial charge in [0, 0.05) is 35.7 Å². The highest BCUT2D eigenvalue weighted by Gasteiger charge is 2.10. The lowest BCUT2D eigenvalue weighted by Gasteiger charge is -2.05. The molecule has 1 aromatic heterocycles. The van der Waals surface area contributed by atoms with Gasteiger partial charge in [-0.2, -0.15) is 0 Å². The Labute approximate surface area is 87.4 Å². The van der Waals surface area contributed by atoms with Gasteiger partial charge in [-0.3, -0.25) is 0 Å². The van der Waals surface area contributed by atoms with Crippen molar-refractivity contribution < 1.29 is 0 Å². The van der Waals surface area contributed by atoms with E-state index < -0.39 is 0 Å². The lowest BCUT2D eigenvalue weighted by Crippen LogP contribution is -1.93. The van der Waals surface area contributed by atoms with Crippen LogP contribution in [-0.4, -0.2) is 15.8 Å².